The SMILES string of the molecule is COc1ccc(C)cc1CCNC(=O)C(NC(=O)C1CCCCC1)C(C)C. The van der Waals surface area contributed by atoms with Crippen molar-refractivity contribution in [2.24, 2.45) is 11.8 Å². The molecule has 2 rings (SSSR count). The van der Waals surface area contributed by atoms with E-state index in [1.165, 1.54) is 6.42 Å². The molecule has 1 saturated carbocycles. The Morgan fingerprint density at radius 1 is 1.19 bits per heavy atom. The molecule has 0 spiro atoms. The number of rotatable bonds is 8. The maximum absolute atomic E-state index is 12.7. The smallest absolute Gasteiger partial charge is 0.242 e. The second-order valence-electron chi connectivity index (χ2n) is 7.92. The van der Waals surface area contributed by atoms with E-state index in [-0.39, 0.29) is 23.7 Å². The van der Waals surface area contributed by atoms with Crippen LogP contribution in [0.15, 0.2) is 18.2 Å². The minimum atomic E-state index is -0.487. The van der Waals surface area contributed by atoms with Gasteiger partial charge in [0, 0.05) is 12.5 Å². The van der Waals surface area contributed by atoms with E-state index >= 15 is 0 Å². The Hall–Kier alpha value is -2.04. The third kappa shape index (κ3) is 6.26. The van der Waals surface area contributed by atoms with Gasteiger partial charge < -0.3 is 15.4 Å². The second kappa shape index (κ2) is 10.3. The molecular weight excluding hydrogens is 340 g/mol. The number of benzene rings is 1. The number of methoxy groups -OCH3 is 1. The van der Waals surface area contributed by atoms with Gasteiger partial charge >= 0.3 is 0 Å². The van der Waals surface area contributed by atoms with Crippen LogP contribution in [-0.2, 0) is 16.0 Å². The largest absolute Gasteiger partial charge is 0.496 e. The zero-order chi connectivity index (χ0) is 19.8. The fourth-order valence-electron chi connectivity index (χ4n) is 3.70. The zero-order valence-corrected chi connectivity index (χ0v) is 17.1. The lowest BCUT2D eigenvalue weighted by Crippen LogP contribution is -2.51. The molecule has 0 saturated heterocycles. The highest BCUT2D eigenvalue weighted by Crippen LogP contribution is 2.24. The molecule has 1 aromatic carbocycles. The molecule has 0 radical (unpaired) electrons. The molecule has 1 aliphatic carbocycles. The van der Waals surface area contributed by atoms with Gasteiger partial charge in [-0.2, -0.15) is 0 Å². The molecule has 2 N–H and O–H groups in total. The van der Waals surface area contributed by atoms with Gasteiger partial charge in [0.15, 0.2) is 0 Å². The lowest BCUT2D eigenvalue weighted by Gasteiger charge is -2.26. The van der Waals surface area contributed by atoms with Crippen molar-refractivity contribution in [3.8, 4) is 5.75 Å². The summed E-state index contributed by atoms with van der Waals surface area (Å²) >= 11 is 0. The summed E-state index contributed by atoms with van der Waals surface area (Å²) in [6.07, 6.45) is 5.99. The summed E-state index contributed by atoms with van der Waals surface area (Å²) in [7, 11) is 1.66. The summed E-state index contributed by atoms with van der Waals surface area (Å²) in [6.45, 7) is 6.49. The van der Waals surface area contributed by atoms with Crippen LogP contribution < -0.4 is 15.4 Å². The lowest BCUT2D eigenvalue weighted by molar-refractivity contribution is -0.132. The molecule has 1 atom stereocenters. The predicted molar refractivity (Wildman–Crippen MR) is 108 cm³/mol. The number of carbonyl (C=O) groups is 2. The van der Waals surface area contributed by atoms with Crippen LogP contribution in [0.1, 0.15) is 57.1 Å². The van der Waals surface area contributed by atoms with E-state index < -0.39 is 6.04 Å². The Balaban J connectivity index is 1.89. The Bertz CT molecular complexity index is 636. The highest BCUT2D eigenvalue weighted by Gasteiger charge is 2.28. The average molecular weight is 375 g/mol. The van der Waals surface area contributed by atoms with Gasteiger partial charge in [0.2, 0.25) is 11.8 Å². The molecule has 2 amide bonds. The first kappa shape index (κ1) is 21.3. The van der Waals surface area contributed by atoms with E-state index in [9.17, 15) is 9.59 Å². The lowest BCUT2D eigenvalue weighted by atomic mass is 9.88. The Morgan fingerprint density at radius 3 is 2.52 bits per heavy atom. The first-order valence-electron chi connectivity index (χ1n) is 10.1. The van der Waals surface area contributed by atoms with Gasteiger partial charge in [-0.3, -0.25) is 9.59 Å². The summed E-state index contributed by atoms with van der Waals surface area (Å²) in [5.74, 6) is 0.862. The van der Waals surface area contributed by atoms with Crippen molar-refractivity contribution in [3.05, 3.63) is 29.3 Å². The van der Waals surface area contributed by atoms with E-state index in [1.807, 2.05) is 32.9 Å². The summed E-state index contributed by atoms with van der Waals surface area (Å²) in [4.78, 5) is 25.2. The summed E-state index contributed by atoms with van der Waals surface area (Å²) in [5, 5.41) is 5.97. The third-order valence-corrected chi connectivity index (χ3v) is 5.35. The number of carbonyl (C=O) groups excluding carboxylic acids is 2. The van der Waals surface area contributed by atoms with Crippen molar-refractivity contribution in [2.75, 3.05) is 13.7 Å². The molecule has 5 nitrogen and oxygen atoms in total. The van der Waals surface area contributed by atoms with Gasteiger partial charge in [0.05, 0.1) is 7.11 Å². The molecule has 5 heteroatoms. The fourth-order valence-corrected chi connectivity index (χ4v) is 3.70. The summed E-state index contributed by atoms with van der Waals surface area (Å²) in [5.41, 5.74) is 2.24. The van der Waals surface area contributed by atoms with E-state index in [0.717, 1.165) is 42.6 Å². The molecule has 1 aliphatic rings. The summed E-state index contributed by atoms with van der Waals surface area (Å²) < 4.78 is 5.39. The van der Waals surface area contributed by atoms with Crippen LogP contribution in [0.25, 0.3) is 0 Å². The van der Waals surface area contributed by atoms with Crippen molar-refractivity contribution < 1.29 is 14.3 Å². The van der Waals surface area contributed by atoms with Crippen LogP contribution >= 0.6 is 0 Å². The van der Waals surface area contributed by atoms with Crippen LogP contribution in [0.2, 0.25) is 0 Å². The first-order valence-corrected chi connectivity index (χ1v) is 10.1. The number of hydrogen-bond donors (Lipinski definition) is 2. The maximum atomic E-state index is 12.7. The molecule has 1 unspecified atom stereocenters. The standard InChI is InChI=1S/C22H34N2O3/c1-15(2)20(24-21(25)17-8-6-5-7-9-17)22(26)23-13-12-18-14-16(3)10-11-19(18)27-4/h10-11,14-15,17,20H,5-9,12-13H2,1-4H3,(H,23,26)(H,24,25). The molecule has 27 heavy (non-hydrogen) atoms. The normalized spacial score (nSPS) is 16.0. The van der Waals surface area contributed by atoms with Crippen LogP contribution in [0, 0.1) is 18.8 Å². The Kier molecular flexibility index (Phi) is 8.14. The van der Waals surface area contributed by atoms with Gasteiger partial charge in [-0.1, -0.05) is 50.8 Å². The monoisotopic (exact) mass is 374 g/mol. The van der Waals surface area contributed by atoms with Gasteiger partial charge in [0.25, 0.3) is 0 Å². The minimum absolute atomic E-state index is 0.0314. The van der Waals surface area contributed by atoms with E-state index in [4.69, 9.17) is 4.74 Å². The van der Waals surface area contributed by atoms with E-state index in [0.29, 0.717) is 13.0 Å². The third-order valence-electron chi connectivity index (χ3n) is 5.35. The molecular formula is C22H34N2O3. The van der Waals surface area contributed by atoms with Crippen LogP contribution in [0.4, 0.5) is 0 Å². The van der Waals surface area contributed by atoms with Crippen molar-refractivity contribution >= 4 is 11.8 Å². The second-order valence-corrected chi connectivity index (χ2v) is 7.92. The minimum Gasteiger partial charge on any atom is -0.496 e. The number of hydrogen-bond acceptors (Lipinski definition) is 3. The molecule has 0 aromatic heterocycles. The molecule has 0 heterocycles. The quantitative estimate of drug-likeness (QED) is 0.733. The van der Waals surface area contributed by atoms with Gasteiger partial charge in [0.1, 0.15) is 11.8 Å². The van der Waals surface area contributed by atoms with Crippen molar-refractivity contribution in [1.82, 2.24) is 10.6 Å². The molecule has 1 fully saturated rings. The highest BCUT2D eigenvalue weighted by atomic mass is 16.5. The molecule has 150 valence electrons. The number of aryl methyl sites for hydroxylation is 1. The number of ether oxygens (including phenoxy) is 1. The van der Waals surface area contributed by atoms with Gasteiger partial charge in [-0.25, -0.2) is 0 Å². The maximum Gasteiger partial charge on any atom is 0.242 e. The average Bonchev–Trinajstić information content (AvgIpc) is 2.66. The molecule has 0 bridgehead atoms. The Morgan fingerprint density at radius 2 is 1.89 bits per heavy atom. The topological polar surface area (TPSA) is 67.4 Å². The molecule has 0 aliphatic heterocycles. The predicted octanol–water partition coefficient (Wildman–Crippen LogP) is 3.38. The fraction of sp³-hybridized carbons (Fsp3) is 0.636. The Labute approximate surface area is 163 Å². The van der Waals surface area contributed by atoms with Crippen molar-refractivity contribution in [3.63, 3.8) is 0 Å². The van der Waals surface area contributed by atoms with Crippen molar-refractivity contribution in [1.29, 1.82) is 0 Å². The van der Waals surface area contributed by atoms with Crippen LogP contribution in [0.3, 0.4) is 0 Å². The number of amides is 2. The zero-order valence-electron chi connectivity index (χ0n) is 17.1. The van der Waals surface area contributed by atoms with Crippen LogP contribution in [0.5, 0.6) is 5.75 Å². The number of nitrogens with one attached hydrogen (secondary N) is 2. The van der Waals surface area contributed by atoms with Gasteiger partial charge in [-0.05, 0) is 43.7 Å². The highest BCUT2D eigenvalue weighted by molar-refractivity contribution is 5.88. The summed E-state index contributed by atoms with van der Waals surface area (Å²) in [6, 6.07) is 5.55. The van der Waals surface area contributed by atoms with Gasteiger partial charge in [-0.15, -0.1) is 0 Å². The van der Waals surface area contributed by atoms with Crippen LogP contribution in [-0.4, -0.2) is 31.5 Å². The molecule has 1 aromatic rings. The van der Waals surface area contributed by atoms with E-state index in [1.54, 1.807) is 7.11 Å². The van der Waals surface area contributed by atoms with E-state index in [2.05, 4.69) is 16.7 Å². The first-order chi connectivity index (χ1) is 12.9. The van der Waals surface area contributed by atoms with Crippen molar-refractivity contribution in [2.45, 2.75) is 65.3 Å².